The number of hydrogen-bond acceptors (Lipinski definition) is 11. The van der Waals surface area contributed by atoms with Gasteiger partial charge in [0, 0.05) is 25.7 Å². The van der Waals surface area contributed by atoms with Gasteiger partial charge in [-0.3, -0.25) is 14.4 Å². The van der Waals surface area contributed by atoms with Crippen LogP contribution in [0.3, 0.4) is 0 Å². The van der Waals surface area contributed by atoms with Crippen LogP contribution in [-0.2, 0) is 85.1 Å². The molecule has 0 aliphatic rings. The average Bonchev–Trinajstić information content (AvgIpc) is 3.31. The van der Waals surface area contributed by atoms with Crippen LogP contribution in [0.15, 0.2) is 36.4 Å². The Balaban J connectivity index is 2.01. The van der Waals surface area contributed by atoms with Crippen molar-refractivity contribution in [1.82, 2.24) is 0 Å². The van der Waals surface area contributed by atoms with E-state index in [4.69, 9.17) is 31.2 Å². The number of unbranched alkanes of at least 4 members (excludes halogenated alkanes) is 7. The van der Waals surface area contributed by atoms with Crippen molar-refractivity contribution in [3.05, 3.63) is 86.5 Å². The second-order valence-corrected chi connectivity index (χ2v) is 28.9. The lowest BCUT2D eigenvalue weighted by Crippen LogP contribution is -2.44. The summed E-state index contributed by atoms with van der Waals surface area (Å²) >= 11 is 5.80. The van der Waals surface area contributed by atoms with Crippen LogP contribution in [0.5, 0.6) is 17.2 Å². The first-order valence-electron chi connectivity index (χ1n) is 29.0. The topological polar surface area (TPSA) is 149 Å². The number of aromatic hydroxyl groups is 3. The van der Waals surface area contributed by atoms with Crippen LogP contribution in [0, 0.1) is 5.41 Å². The number of esters is 3. The Morgan fingerprint density at radius 3 is 0.846 bits per heavy atom. The summed E-state index contributed by atoms with van der Waals surface area (Å²) in [6.07, 6.45) is 10.7. The number of rotatable bonds is 26. The lowest BCUT2D eigenvalue weighted by molar-refractivity contribution is -0.164. The molecule has 0 unspecified atom stereocenters. The number of hydrogen-bond donors (Lipinski definition) is 3. The van der Waals surface area contributed by atoms with Gasteiger partial charge in [0.25, 0.3) is 0 Å². The summed E-state index contributed by atoms with van der Waals surface area (Å²) in [6, 6.07) is 11.8. The first-order chi connectivity index (χ1) is 35.8. The molecule has 438 valence electrons. The van der Waals surface area contributed by atoms with E-state index in [1.807, 2.05) is 161 Å². The van der Waals surface area contributed by atoms with E-state index in [2.05, 4.69) is 6.92 Å². The molecule has 0 aromatic heterocycles. The first-order valence-corrected chi connectivity index (χ1v) is 29.4. The van der Waals surface area contributed by atoms with Crippen molar-refractivity contribution in [1.29, 1.82) is 0 Å². The van der Waals surface area contributed by atoms with Gasteiger partial charge in [-0.05, 0) is 120 Å². The highest BCUT2D eigenvalue weighted by Crippen LogP contribution is 2.43. The van der Waals surface area contributed by atoms with E-state index in [0.29, 0.717) is 30.7 Å². The van der Waals surface area contributed by atoms with Crippen molar-refractivity contribution in [3.8, 4) is 17.2 Å². The van der Waals surface area contributed by atoms with E-state index in [-0.39, 0.29) is 95.4 Å². The molecule has 10 nitrogen and oxygen atoms in total. The zero-order chi connectivity index (χ0) is 59.2. The van der Waals surface area contributed by atoms with Crippen LogP contribution in [0.4, 0.5) is 0 Å². The second kappa shape index (κ2) is 28.2. The quantitative estimate of drug-likeness (QED) is 0.0305. The summed E-state index contributed by atoms with van der Waals surface area (Å²) in [7, 11) is 0. The lowest BCUT2D eigenvalue weighted by Gasteiger charge is -2.32. The maximum atomic E-state index is 14.0. The molecular formula is C67H104O10S. The molecule has 11 heteroatoms. The smallest absolute Gasteiger partial charge is 0.306 e. The number of benzene rings is 3. The molecule has 0 aliphatic heterocycles. The summed E-state index contributed by atoms with van der Waals surface area (Å²) < 4.78 is 24.7. The minimum Gasteiger partial charge on any atom is -0.507 e. The van der Waals surface area contributed by atoms with Crippen molar-refractivity contribution < 1.29 is 48.7 Å². The number of phenols is 3. The van der Waals surface area contributed by atoms with Crippen molar-refractivity contribution in [2.24, 2.45) is 5.41 Å². The Morgan fingerprint density at radius 2 is 0.603 bits per heavy atom. The molecule has 0 heterocycles. The van der Waals surface area contributed by atoms with Crippen LogP contribution >= 0.6 is 12.2 Å². The molecule has 0 radical (unpaired) electrons. The second-order valence-electron chi connectivity index (χ2n) is 28.5. The molecular weight excluding hydrogens is 997 g/mol. The lowest BCUT2D eigenvalue weighted by atomic mass is 9.78. The molecule has 0 saturated heterocycles. The number of carbonyl (C=O) groups excluding carboxylic acids is 3. The predicted molar refractivity (Wildman–Crippen MR) is 323 cm³/mol. The number of carbonyl (C=O) groups is 3. The minimum atomic E-state index is -1.35. The highest BCUT2D eigenvalue weighted by atomic mass is 32.1. The highest BCUT2D eigenvalue weighted by Gasteiger charge is 2.38. The Bertz CT molecular complexity index is 2130. The van der Waals surface area contributed by atoms with Crippen LogP contribution < -0.4 is 0 Å². The fourth-order valence-corrected chi connectivity index (χ4v) is 9.76. The molecule has 0 saturated carbocycles. The fourth-order valence-electron chi connectivity index (χ4n) is 9.56. The summed E-state index contributed by atoms with van der Waals surface area (Å²) in [6.45, 7) is 38.0. The van der Waals surface area contributed by atoms with E-state index in [1.165, 1.54) is 32.1 Å². The molecule has 0 spiro atoms. The molecule has 0 aliphatic carbocycles. The van der Waals surface area contributed by atoms with E-state index >= 15 is 0 Å². The van der Waals surface area contributed by atoms with Gasteiger partial charge in [0.15, 0.2) is 5.05 Å². The number of ether oxygens (including phenoxy) is 4. The number of phenolic OH excluding ortho intramolecular Hbond substituents is 3. The standard InChI is InChI=1S/C67H104O10S/c1-20-21-22-23-24-25-26-27-28-57(78)77-44-67(41-74-54(68)32-29-45-35-48(61(2,3)4)58(71)49(36-45)62(5,6)7,42-75-55(69)33-30-46-37-50(63(8,9)10)59(72)51(38-46)64(11,12)13)43-76-56(70)34-31-47-39-52(65(14,15)16)60(73)53(40-47)66(17,18)19/h35-40,71-73H,20-34,41-44H2,1-19H3. The van der Waals surface area contributed by atoms with Crippen LogP contribution in [-0.4, -0.2) is 64.7 Å². The monoisotopic (exact) mass is 1100 g/mol. The van der Waals surface area contributed by atoms with Crippen molar-refractivity contribution >= 4 is 35.2 Å². The number of thiocarbonyl (C=S) groups is 1. The van der Waals surface area contributed by atoms with Crippen LogP contribution in [0.2, 0.25) is 0 Å². The first kappa shape index (κ1) is 67.6. The molecule has 0 bridgehead atoms. The average molecular weight is 1100 g/mol. The van der Waals surface area contributed by atoms with Gasteiger partial charge in [-0.25, -0.2) is 0 Å². The SMILES string of the molecule is CCCCCCCCCCC(=S)OCC(COC(=O)CCc1cc(C(C)(C)C)c(O)c(C(C)(C)C)c1)(COC(=O)CCc1cc(C(C)(C)C)c(O)c(C(C)(C)C)c1)COC(=O)CCc1cc(C(C)(C)C)c(O)c(C(C)(C)C)c1. The molecule has 78 heavy (non-hydrogen) atoms. The molecule has 0 atom stereocenters. The van der Waals surface area contributed by atoms with E-state index in [9.17, 15) is 29.7 Å². The zero-order valence-electron chi connectivity index (χ0n) is 52.0. The normalized spacial score (nSPS) is 12.9. The van der Waals surface area contributed by atoms with E-state index < -0.39 is 23.3 Å². The molecule has 0 fully saturated rings. The summed E-state index contributed by atoms with van der Waals surface area (Å²) in [5.41, 5.74) is 3.97. The maximum Gasteiger partial charge on any atom is 0.306 e. The highest BCUT2D eigenvalue weighted by molar-refractivity contribution is 7.80. The van der Waals surface area contributed by atoms with Crippen LogP contribution in [0.25, 0.3) is 0 Å². The largest absolute Gasteiger partial charge is 0.507 e. The van der Waals surface area contributed by atoms with Gasteiger partial charge < -0.3 is 34.3 Å². The van der Waals surface area contributed by atoms with Gasteiger partial charge in [0.2, 0.25) is 0 Å². The minimum absolute atomic E-state index is 0.0186. The van der Waals surface area contributed by atoms with Gasteiger partial charge >= 0.3 is 17.9 Å². The Labute approximate surface area is 477 Å². The summed E-state index contributed by atoms with van der Waals surface area (Å²) in [4.78, 5) is 41.9. The van der Waals surface area contributed by atoms with Crippen LogP contribution in [0.1, 0.15) is 259 Å². The Kier molecular flexibility index (Phi) is 24.4. The van der Waals surface area contributed by atoms with Gasteiger partial charge in [-0.1, -0.05) is 213 Å². The molecule has 0 amide bonds. The van der Waals surface area contributed by atoms with Crippen molar-refractivity contribution in [2.45, 2.75) is 260 Å². The van der Waals surface area contributed by atoms with E-state index in [0.717, 1.165) is 69.3 Å². The summed E-state index contributed by atoms with van der Waals surface area (Å²) in [5.74, 6) is -0.737. The molecule has 3 N–H and O–H groups in total. The van der Waals surface area contributed by atoms with Gasteiger partial charge in [0.1, 0.15) is 49.1 Å². The fraction of sp³-hybridized carbons (Fsp3) is 0.672. The third kappa shape index (κ3) is 21.4. The van der Waals surface area contributed by atoms with Gasteiger partial charge in [-0.2, -0.15) is 0 Å². The number of aryl methyl sites for hydroxylation is 3. The maximum absolute atomic E-state index is 14.0. The molecule has 3 rings (SSSR count). The Hall–Kier alpha value is -4.64. The zero-order valence-corrected chi connectivity index (χ0v) is 52.8. The summed E-state index contributed by atoms with van der Waals surface area (Å²) in [5, 5.41) is 34.5. The van der Waals surface area contributed by atoms with Gasteiger partial charge in [0.05, 0.1) is 0 Å². The molecule has 3 aromatic rings. The Morgan fingerprint density at radius 1 is 0.372 bits per heavy atom. The predicted octanol–water partition coefficient (Wildman–Crippen LogP) is 16.3. The van der Waals surface area contributed by atoms with Gasteiger partial charge in [-0.15, -0.1) is 0 Å². The third-order valence-corrected chi connectivity index (χ3v) is 14.9. The third-order valence-electron chi connectivity index (χ3n) is 14.6. The van der Waals surface area contributed by atoms with Crippen molar-refractivity contribution in [3.63, 3.8) is 0 Å². The van der Waals surface area contributed by atoms with Crippen molar-refractivity contribution in [2.75, 3.05) is 26.4 Å². The van der Waals surface area contributed by atoms with E-state index in [1.54, 1.807) is 0 Å². The molecule has 3 aromatic carbocycles.